The number of methoxy groups -OCH3 is 1. The summed E-state index contributed by atoms with van der Waals surface area (Å²) in [6, 6.07) is 0. The molecular formula is C9H7Cl3N2O2. The van der Waals surface area contributed by atoms with Crippen molar-refractivity contribution in [3.63, 3.8) is 0 Å². The SMILES string of the molecule is COC(=O)/C=C/Cc1c(Cl)nc(Cl)nc1Cl. The topological polar surface area (TPSA) is 52.1 Å². The second kappa shape index (κ2) is 6.03. The first kappa shape index (κ1) is 13.2. The van der Waals surface area contributed by atoms with Crippen molar-refractivity contribution in [3.05, 3.63) is 33.3 Å². The van der Waals surface area contributed by atoms with E-state index in [1.54, 1.807) is 6.08 Å². The Morgan fingerprint density at radius 1 is 1.31 bits per heavy atom. The van der Waals surface area contributed by atoms with Gasteiger partial charge in [0.2, 0.25) is 5.28 Å². The molecule has 16 heavy (non-hydrogen) atoms. The fraction of sp³-hybridized carbons (Fsp3) is 0.222. The monoisotopic (exact) mass is 280 g/mol. The van der Waals surface area contributed by atoms with Crippen LogP contribution in [0, 0.1) is 0 Å². The van der Waals surface area contributed by atoms with Crippen molar-refractivity contribution in [3.8, 4) is 0 Å². The number of nitrogens with zero attached hydrogens (tertiary/aromatic N) is 2. The minimum absolute atomic E-state index is 0.0179. The number of carbonyl (C=O) groups is 1. The highest BCUT2D eigenvalue weighted by molar-refractivity contribution is 6.36. The third-order valence-corrected chi connectivity index (χ3v) is 2.45. The Labute approximate surface area is 107 Å². The first-order chi connectivity index (χ1) is 7.54. The van der Waals surface area contributed by atoms with Gasteiger partial charge in [0.05, 0.1) is 7.11 Å². The van der Waals surface area contributed by atoms with E-state index in [1.165, 1.54) is 13.2 Å². The minimum atomic E-state index is -0.456. The maximum atomic E-state index is 10.8. The largest absolute Gasteiger partial charge is 0.466 e. The van der Waals surface area contributed by atoms with Gasteiger partial charge in [0.25, 0.3) is 0 Å². The standard InChI is InChI=1S/C9H7Cl3N2O2/c1-16-6(15)4-2-3-5-7(10)13-9(12)14-8(5)11/h2,4H,3H2,1H3/b4-2+. The van der Waals surface area contributed by atoms with Crippen LogP contribution in [0.1, 0.15) is 5.56 Å². The van der Waals surface area contributed by atoms with Crippen LogP contribution in [-0.2, 0) is 16.0 Å². The molecule has 1 aromatic heterocycles. The summed E-state index contributed by atoms with van der Waals surface area (Å²) in [4.78, 5) is 18.3. The van der Waals surface area contributed by atoms with Gasteiger partial charge in [0.1, 0.15) is 10.3 Å². The van der Waals surface area contributed by atoms with Crippen LogP contribution in [0.15, 0.2) is 12.2 Å². The van der Waals surface area contributed by atoms with Crippen LogP contribution in [0.4, 0.5) is 0 Å². The second-order valence-electron chi connectivity index (χ2n) is 2.68. The molecule has 0 saturated heterocycles. The van der Waals surface area contributed by atoms with Crippen LogP contribution >= 0.6 is 34.8 Å². The van der Waals surface area contributed by atoms with Crippen molar-refractivity contribution < 1.29 is 9.53 Å². The molecule has 0 aromatic carbocycles. The molecule has 0 radical (unpaired) electrons. The van der Waals surface area contributed by atoms with Gasteiger partial charge in [-0.1, -0.05) is 29.3 Å². The van der Waals surface area contributed by atoms with Crippen LogP contribution in [0.25, 0.3) is 0 Å². The average molecular weight is 282 g/mol. The van der Waals surface area contributed by atoms with Gasteiger partial charge in [0.15, 0.2) is 0 Å². The predicted molar refractivity (Wildman–Crippen MR) is 61.9 cm³/mol. The smallest absolute Gasteiger partial charge is 0.330 e. The molecule has 7 heteroatoms. The molecule has 1 rings (SSSR count). The van der Waals surface area contributed by atoms with Crippen LogP contribution in [-0.4, -0.2) is 23.0 Å². The molecule has 0 bridgehead atoms. The zero-order valence-corrected chi connectivity index (χ0v) is 10.5. The minimum Gasteiger partial charge on any atom is -0.466 e. The molecule has 0 atom stereocenters. The number of allylic oxidation sites excluding steroid dienone is 1. The average Bonchev–Trinajstić information content (AvgIpc) is 2.21. The van der Waals surface area contributed by atoms with Crippen molar-refractivity contribution in [1.29, 1.82) is 0 Å². The summed E-state index contributed by atoms with van der Waals surface area (Å²) in [5.41, 5.74) is 0.507. The first-order valence-corrected chi connectivity index (χ1v) is 5.30. The Bertz CT molecular complexity index is 412. The molecular weight excluding hydrogens is 274 g/mol. The molecule has 0 saturated carbocycles. The highest BCUT2D eigenvalue weighted by atomic mass is 35.5. The zero-order chi connectivity index (χ0) is 12.1. The first-order valence-electron chi connectivity index (χ1n) is 4.16. The normalized spacial score (nSPS) is 10.8. The maximum absolute atomic E-state index is 10.8. The Morgan fingerprint density at radius 2 is 1.88 bits per heavy atom. The molecule has 1 heterocycles. The lowest BCUT2D eigenvalue weighted by Gasteiger charge is -2.02. The molecule has 86 valence electrons. The summed E-state index contributed by atoms with van der Waals surface area (Å²) in [7, 11) is 1.29. The maximum Gasteiger partial charge on any atom is 0.330 e. The van der Waals surface area contributed by atoms with Gasteiger partial charge >= 0.3 is 5.97 Å². The predicted octanol–water partition coefficient (Wildman–Crippen LogP) is 2.71. The molecule has 0 N–H and O–H groups in total. The van der Waals surface area contributed by atoms with Gasteiger partial charge in [-0.15, -0.1) is 0 Å². The fourth-order valence-electron chi connectivity index (χ4n) is 0.917. The third-order valence-electron chi connectivity index (χ3n) is 1.66. The lowest BCUT2D eigenvalue weighted by Crippen LogP contribution is -1.96. The number of ether oxygens (including phenoxy) is 1. The Balaban J connectivity index is 2.82. The van der Waals surface area contributed by atoms with Crippen molar-refractivity contribution in [2.75, 3.05) is 7.11 Å². The summed E-state index contributed by atoms with van der Waals surface area (Å²) in [5.74, 6) is -0.456. The Kier molecular flexibility index (Phi) is 4.99. The van der Waals surface area contributed by atoms with Crippen molar-refractivity contribution in [1.82, 2.24) is 9.97 Å². The molecule has 0 amide bonds. The molecule has 0 aliphatic rings. The molecule has 0 fully saturated rings. The lowest BCUT2D eigenvalue weighted by atomic mass is 10.2. The molecule has 0 unspecified atom stereocenters. The fourth-order valence-corrected chi connectivity index (χ4v) is 1.71. The van der Waals surface area contributed by atoms with Gasteiger partial charge in [-0.2, -0.15) is 0 Å². The molecule has 1 aromatic rings. The summed E-state index contributed by atoms with van der Waals surface area (Å²) < 4.78 is 4.42. The van der Waals surface area contributed by atoms with Gasteiger partial charge in [0, 0.05) is 11.6 Å². The summed E-state index contributed by atoms with van der Waals surface area (Å²) in [6.07, 6.45) is 3.14. The quantitative estimate of drug-likeness (QED) is 0.370. The van der Waals surface area contributed by atoms with E-state index in [1.807, 2.05) is 0 Å². The van der Waals surface area contributed by atoms with E-state index in [4.69, 9.17) is 34.8 Å². The number of carbonyl (C=O) groups excluding carboxylic acids is 1. The molecule has 0 aliphatic carbocycles. The van der Waals surface area contributed by atoms with E-state index in [0.29, 0.717) is 12.0 Å². The van der Waals surface area contributed by atoms with Crippen molar-refractivity contribution in [2.24, 2.45) is 0 Å². The highest BCUT2D eigenvalue weighted by Crippen LogP contribution is 2.23. The van der Waals surface area contributed by atoms with E-state index in [2.05, 4.69) is 14.7 Å². The van der Waals surface area contributed by atoms with Crippen LogP contribution < -0.4 is 0 Å². The van der Waals surface area contributed by atoms with E-state index >= 15 is 0 Å². The third kappa shape index (κ3) is 3.63. The van der Waals surface area contributed by atoms with E-state index in [0.717, 1.165) is 0 Å². The zero-order valence-electron chi connectivity index (χ0n) is 8.21. The van der Waals surface area contributed by atoms with Gasteiger partial charge in [-0.3, -0.25) is 0 Å². The number of aromatic nitrogens is 2. The number of rotatable bonds is 3. The summed E-state index contributed by atoms with van der Waals surface area (Å²) in [6.45, 7) is 0. The number of halogens is 3. The van der Waals surface area contributed by atoms with E-state index in [-0.39, 0.29) is 15.6 Å². The van der Waals surface area contributed by atoms with Crippen LogP contribution in [0.2, 0.25) is 15.6 Å². The molecule has 4 nitrogen and oxygen atoms in total. The van der Waals surface area contributed by atoms with E-state index in [9.17, 15) is 4.79 Å². The summed E-state index contributed by atoms with van der Waals surface area (Å²) in [5, 5.41) is 0.315. The number of hydrogen-bond donors (Lipinski definition) is 0. The van der Waals surface area contributed by atoms with E-state index < -0.39 is 5.97 Å². The highest BCUT2D eigenvalue weighted by Gasteiger charge is 2.09. The number of esters is 1. The van der Waals surface area contributed by atoms with Crippen LogP contribution in [0.3, 0.4) is 0 Å². The van der Waals surface area contributed by atoms with Gasteiger partial charge in [-0.25, -0.2) is 14.8 Å². The van der Waals surface area contributed by atoms with Gasteiger partial charge in [-0.05, 0) is 18.0 Å². The molecule has 0 aliphatic heterocycles. The van der Waals surface area contributed by atoms with Crippen molar-refractivity contribution in [2.45, 2.75) is 6.42 Å². The van der Waals surface area contributed by atoms with Crippen LogP contribution in [0.5, 0.6) is 0 Å². The Hall–Kier alpha value is -0.840. The lowest BCUT2D eigenvalue weighted by molar-refractivity contribution is -0.134. The second-order valence-corrected chi connectivity index (χ2v) is 3.74. The van der Waals surface area contributed by atoms with Gasteiger partial charge < -0.3 is 4.74 Å². The molecule has 0 spiro atoms. The van der Waals surface area contributed by atoms with Crippen molar-refractivity contribution >= 4 is 40.8 Å². The number of hydrogen-bond acceptors (Lipinski definition) is 4. The Morgan fingerprint density at radius 3 is 2.38 bits per heavy atom. The summed E-state index contributed by atoms with van der Waals surface area (Å²) >= 11 is 17.2.